The molecular formula is C22H18Cl2N2O4. The third kappa shape index (κ3) is 4.09. The SMILES string of the molecule is CCOC(=O)C1=C(C)OC(N)=C(C#N)C1c1ccc(-c2cc(Cl)cc(Cl)c2)cc1O. The third-order valence-electron chi connectivity index (χ3n) is 4.64. The van der Waals surface area contributed by atoms with Gasteiger partial charge in [0, 0.05) is 15.6 Å². The summed E-state index contributed by atoms with van der Waals surface area (Å²) in [6.07, 6.45) is 0. The molecule has 154 valence electrons. The predicted molar refractivity (Wildman–Crippen MR) is 114 cm³/mol. The van der Waals surface area contributed by atoms with Crippen molar-refractivity contribution in [2.45, 2.75) is 19.8 Å². The molecule has 1 aliphatic heterocycles. The Morgan fingerprint density at radius 2 is 1.90 bits per heavy atom. The molecule has 1 heterocycles. The Kier molecular flexibility index (Phi) is 6.25. The summed E-state index contributed by atoms with van der Waals surface area (Å²) in [5.41, 5.74) is 7.68. The van der Waals surface area contributed by atoms with Crippen molar-refractivity contribution in [3.05, 3.63) is 74.8 Å². The maximum absolute atomic E-state index is 12.6. The molecule has 0 amide bonds. The van der Waals surface area contributed by atoms with E-state index in [0.717, 1.165) is 0 Å². The van der Waals surface area contributed by atoms with Gasteiger partial charge in [-0.2, -0.15) is 5.26 Å². The number of ether oxygens (including phenoxy) is 2. The third-order valence-corrected chi connectivity index (χ3v) is 5.07. The number of phenolic OH excluding ortho intramolecular Hbond substituents is 1. The van der Waals surface area contributed by atoms with E-state index < -0.39 is 11.9 Å². The number of halogens is 2. The molecule has 0 saturated carbocycles. The van der Waals surface area contributed by atoms with E-state index in [9.17, 15) is 15.2 Å². The van der Waals surface area contributed by atoms with Crippen LogP contribution < -0.4 is 5.73 Å². The van der Waals surface area contributed by atoms with Crippen LogP contribution in [0.1, 0.15) is 25.3 Å². The highest BCUT2D eigenvalue weighted by molar-refractivity contribution is 6.35. The highest BCUT2D eigenvalue weighted by atomic mass is 35.5. The van der Waals surface area contributed by atoms with E-state index in [1.807, 2.05) is 6.07 Å². The highest BCUT2D eigenvalue weighted by Gasteiger charge is 2.37. The van der Waals surface area contributed by atoms with E-state index in [0.29, 0.717) is 26.7 Å². The van der Waals surface area contributed by atoms with Gasteiger partial charge in [-0.3, -0.25) is 0 Å². The number of phenols is 1. The minimum Gasteiger partial charge on any atom is -0.508 e. The number of rotatable bonds is 4. The molecule has 2 aromatic carbocycles. The summed E-state index contributed by atoms with van der Waals surface area (Å²) >= 11 is 12.1. The largest absolute Gasteiger partial charge is 0.508 e. The van der Waals surface area contributed by atoms with E-state index >= 15 is 0 Å². The summed E-state index contributed by atoms with van der Waals surface area (Å²) in [4.78, 5) is 12.6. The van der Waals surface area contributed by atoms with Gasteiger partial charge in [0.2, 0.25) is 5.88 Å². The number of carbonyl (C=O) groups is 1. The monoisotopic (exact) mass is 444 g/mol. The molecule has 2 aromatic rings. The van der Waals surface area contributed by atoms with Crippen molar-refractivity contribution < 1.29 is 19.4 Å². The topological polar surface area (TPSA) is 106 Å². The van der Waals surface area contributed by atoms with Gasteiger partial charge < -0.3 is 20.3 Å². The van der Waals surface area contributed by atoms with Gasteiger partial charge in [-0.05, 0) is 49.2 Å². The Morgan fingerprint density at radius 1 is 1.23 bits per heavy atom. The summed E-state index contributed by atoms with van der Waals surface area (Å²) in [5, 5.41) is 21.4. The fourth-order valence-electron chi connectivity index (χ4n) is 3.35. The smallest absolute Gasteiger partial charge is 0.338 e. The van der Waals surface area contributed by atoms with Crippen molar-refractivity contribution in [3.63, 3.8) is 0 Å². The van der Waals surface area contributed by atoms with Gasteiger partial charge in [0.15, 0.2) is 0 Å². The number of allylic oxidation sites excluding steroid dienone is 2. The van der Waals surface area contributed by atoms with E-state index in [-0.39, 0.29) is 35.1 Å². The van der Waals surface area contributed by atoms with E-state index in [1.165, 1.54) is 6.07 Å². The van der Waals surface area contributed by atoms with Crippen LogP contribution in [0.2, 0.25) is 10.0 Å². The Labute approximate surface area is 183 Å². The zero-order chi connectivity index (χ0) is 22.0. The lowest BCUT2D eigenvalue weighted by Crippen LogP contribution is -2.25. The molecule has 0 radical (unpaired) electrons. The highest BCUT2D eigenvalue weighted by Crippen LogP contribution is 2.44. The Balaban J connectivity index is 2.14. The molecule has 0 fully saturated rings. The predicted octanol–water partition coefficient (Wildman–Crippen LogP) is 5.01. The molecule has 8 heteroatoms. The van der Waals surface area contributed by atoms with Crippen LogP contribution in [0.4, 0.5) is 0 Å². The van der Waals surface area contributed by atoms with Crippen LogP contribution >= 0.6 is 23.2 Å². The maximum Gasteiger partial charge on any atom is 0.338 e. The number of hydrogen-bond donors (Lipinski definition) is 2. The summed E-state index contributed by atoms with van der Waals surface area (Å²) in [6, 6.07) is 11.9. The van der Waals surface area contributed by atoms with Crippen molar-refractivity contribution in [1.29, 1.82) is 5.26 Å². The first kappa shape index (κ1) is 21.6. The molecule has 1 atom stereocenters. The number of carbonyl (C=O) groups excluding carboxylic acids is 1. The van der Waals surface area contributed by atoms with Crippen molar-refractivity contribution in [3.8, 4) is 22.9 Å². The molecule has 1 unspecified atom stereocenters. The molecule has 1 aliphatic rings. The zero-order valence-electron chi connectivity index (χ0n) is 16.2. The Hall–Kier alpha value is -3.14. The standard InChI is InChI=1S/C22H18Cl2N2O4/c1-3-29-22(28)19-11(2)30-21(26)17(10-25)20(19)16-5-4-12(8-18(16)27)13-6-14(23)9-15(24)7-13/h4-9,20,27H,3,26H2,1-2H3. The van der Waals surface area contributed by atoms with E-state index in [1.54, 1.807) is 44.2 Å². The molecule has 30 heavy (non-hydrogen) atoms. The molecule has 6 nitrogen and oxygen atoms in total. The van der Waals surface area contributed by atoms with E-state index in [2.05, 4.69) is 0 Å². The zero-order valence-corrected chi connectivity index (χ0v) is 17.7. The first-order chi connectivity index (χ1) is 14.3. The van der Waals surface area contributed by atoms with E-state index in [4.69, 9.17) is 38.4 Å². The number of aromatic hydroxyl groups is 1. The van der Waals surface area contributed by atoms with Crippen LogP contribution in [-0.2, 0) is 14.3 Å². The van der Waals surface area contributed by atoms with Crippen molar-refractivity contribution >= 4 is 29.2 Å². The van der Waals surface area contributed by atoms with Crippen molar-refractivity contribution in [2.24, 2.45) is 5.73 Å². The van der Waals surface area contributed by atoms with Crippen molar-refractivity contribution in [1.82, 2.24) is 0 Å². The fraction of sp³-hybridized carbons (Fsp3) is 0.182. The maximum atomic E-state index is 12.6. The number of nitrogens with zero attached hydrogens (tertiary/aromatic N) is 1. The number of nitrogens with two attached hydrogens (primary N) is 1. The lowest BCUT2D eigenvalue weighted by atomic mass is 9.82. The van der Waals surface area contributed by atoms with Gasteiger partial charge in [-0.25, -0.2) is 4.79 Å². The number of hydrogen-bond acceptors (Lipinski definition) is 6. The molecule has 3 N–H and O–H groups in total. The Bertz CT molecular complexity index is 1110. The van der Waals surface area contributed by atoms with Crippen LogP contribution in [0.3, 0.4) is 0 Å². The quantitative estimate of drug-likeness (QED) is 0.641. The first-order valence-electron chi connectivity index (χ1n) is 9.01. The van der Waals surface area contributed by atoms with Gasteiger partial charge in [0.25, 0.3) is 0 Å². The first-order valence-corrected chi connectivity index (χ1v) is 9.77. The average molecular weight is 445 g/mol. The Morgan fingerprint density at radius 3 is 2.47 bits per heavy atom. The second-order valence-electron chi connectivity index (χ2n) is 6.55. The summed E-state index contributed by atoms with van der Waals surface area (Å²) in [7, 11) is 0. The normalized spacial score (nSPS) is 16.2. The minimum absolute atomic E-state index is 0.0116. The summed E-state index contributed by atoms with van der Waals surface area (Å²) < 4.78 is 10.5. The van der Waals surface area contributed by atoms with Crippen LogP contribution in [-0.4, -0.2) is 17.7 Å². The number of benzene rings is 2. The van der Waals surface area contributed by atoms with Crippen molar-refractivity contribution in [2.75, 3.05) is 6.61 Å². The molecular weight excluding hydrogens is 427 g/mol. The van der Waals surface area contributed by atoms with Gasteiger partial charge in [-0.15, -0.1) is 0 Å². The van der Waals surface area contributed by atoms with Crippen LogP contribution in [0, 0.1) is 11.3 Å². The minimum atomic E-state index is -0.931. The van der Waals surface area contributed by atoms with Gasteiger partial charge in [0.1, 0.15) is 23.2 Å². The summed E-state index contributed by atoms with van der Waals surface area (Å²) in [5.74, 6) is -1.63. The second kappa shape index (κ2) is 8.70. The van der Waals surface area contributed by atoms with Gasteiger partial charge in [-0.1, -0.05) is 35.3 Å². The number of nitriles is 1. The van der Waals surface area contributed by atoms with Crippen LogP contribution in [0.5, 0.6) is 5.75 Å². The second-order valence-corrected chi connectivity index (χ2v) is 7.42. The molecule has 0 saturated heterocycles. The molecule has 0 aromatic heterocycles. The average Bonchev–Trinajstić information content (AvgIpc) is 2.66. The molecule has 0 aliphatic carbocycles. The molecule has 3 rings (SSSR count). The lowest BCUT2D eigenvalue weighted by molar-refractivity contribution is -0.139. The molecule has 0 bridgehead atoms. The molecule has 0 spiro atoms. The van der Waals surface area contributed by atoms with Crippen LogP contribution in [0.15, 0.2) is 59.2 Å². The van der Waals surface area contributed by atoms with Gasteiger partial charge in [0.05, 0.1) is 18.1 Å². The van der Waals surface area contributed by atoms with Gasteiger partial charge >= 0.3 is 5.97 Å². The lowest BCUT2D eigenvalue weighted by Gasteiger charge is -2.27. The fourth-order valence-corrected chi connectivity index (χ4v) is 3.88. The summed E-state index contributed by atoms with van der Waals surface area (Å²) in [6.45, 7) is 3.37. The van der Waals surface area contributed by atoms with Crippen LogP contribution in [0.25, 0.3) is 11.1 Å². The number of esters is 1.